The molecule has 0 saturated carbocycles. The van der Waals surface area contributed by atoms with Gasteiger partial charge in [0.25, 0.3) is 0 Å². The van der Waals surface area contributed by atoms with Crippen molar-refractivity contribution in [1.82, 2.24) is 5.32 Å². The Kier molecular flexibility index (Phi) is 6.52. The third-order valence-corrected chi connectivity index (χ3v) is 3.71. The fourth-order valence-corrected chi connectivity index (χ4v) is 2.59. The number of hydrogen-bond acceptors (Lipinski definition) is 3. The Morgan fingerprint density at radius 1 is 1.08 bits per heavy atom. The van der Waals surface area contributed by atoms with E-state index < -0.39 is 0 Å². The van der Waals surface area contributed by atoms with Crippen LogP contribution in [0.1, 0.15) is 29.2 Å². The zero-order valence-electron chi connectivity index (χ0n) is 14.8. The molecule has 2 aromatic rings. The van der Waals surface area contributed by atoms with Crippen LogP contribution in [0.4, 0.5) is 0 Å². The first-order chi connectivity index (χ1) is 12.0. The van der Waals surface area contributed by atoms with E-state index in [1.54, 1.807) is 6.08 Å². The summed E-state index contributed by atoms with van der Waals surface area (Å²) in [5.41, 5.74) is 3.81. The maximum absolute atomic E-state index is 11.9. The van der Waals surface area contributed by atoms with E-state index in [0.717, 1.165) is 23.1 Å². The summed E-state index contributed by atoms with van der Waals surface area (Å²) >= 11 is 0. The normalized spacial score (nSPS) is 10.7. The lowest BCUT2D eigenvalue weighted by Crippen LogP contribution is -2.23. The van der Waals surface area contributed by atoms with Gasteiger partial charge in [-0.25, -0.2) is 0 Å². The van der Waals surface area contributed by atoms with Gasteiger partial charge < -0.3 is 10.1 Å². The number of ether oxygens (including phenoxy) is 1. The number of carbonyl (C=O) groups is 2. The Bertz CT molecular complexity index is 756. The molecule has 25 heavy (non-hydrogen) atoms. The molecule has 2 aromatic carbocycles. The lowest BCUT2D eigenvalue weighted by molar-refractivity contribution is -0.132. The second-order valence-corrected chi connectivity index (χ2v) is 5.94. The minimum absolute atomic E-state index is 0.129. The molecule has 130 valence electrons. The lowest BCUT2D eigenvalue weighted by Gasteiger charge is -2.10. The van der Waals surface area contributed by atoms with Gasteiger partial charge in [0, 0.05) is 19.5 Å². The summed E-state index contributed by atoms with van der Waals surface area (Å²) in [7, 11) is 0. The fraction of sp³-hybridized carbons (Fsp3) is 0.238. The van der Waals surface area contributed by atoms with Gasteiger partial charge >= 0.3 is 5.97 Å². The molecule has 0 aromatic heterocycles. The van der Waals surface area contributed by atoms with E-state index in [1.807, 2.05) is 56.3 Å². The predicted octanol–water partition coefficient (Wildman–Crippen LogP) is 3.60. The van der Waals surface area contributed by atoms with Crippen LogP contribution in [0.5, 0.6) is 5.75 Å². The van der Waals surface area contributed by atoms with Crippen molar-refractivity contribution in [2.75, 3.05) is 6.54 Å². The molecule has 4 nitrogen and oxygen atoms in total. The van der Waals surface area contributed by atoms with Crippen molar-refractivity contribution < 1.29 is 14.3 Å². The van der Waals surface area contributed by atoms with E-state index in [-0.39, 0.29) is 11.9 Å². The minimum atomic E-state index is -0.340. The third-order valence-electron chi connectivity index (χ3n) is 3.71. The molecule has 0 radical (unpaired) electrons. The predicted molar refractivity (Wildman–Crippen MR) is 99.4 cm³/mol. The number of rotatable bonds is 6. The molecule has 0 aliphatic carbocycles. The molecule has 0 spiro atoms. The number of carbonyl (C=O) groups excluding carboxylic acids is 2. The highest BCUT2D eigenvalue weighted by Gasteiger charge is 2.08. The molecule has 2 rings (SSSR count). The van der Waals surface area contributed by atoms with Crippen LogP contribution in [0, 0.1) is 13.8 Å². The highest BCUT2D eigenvalue weighted by molar-refractivity contribution is 5.91. The van der Waals surface area contributed by atoms with E-state index in [9.17, 15) is 9.59 Å². The Morgan fingerprint density at radius 2 is 1.72 bits per heavy atom. The molecule has 1 N–H and O–H groups in total. The van der Waals surface area contributed by atoms with Gasteiger partial charge in [-0.3, -0.25) is 9.59 Å². The van der Waals surface area contributed by atoms with Crippen LogP contribution in [0.3, 0.4) is 0 Å². The average Bonchev–Trinajstić information content (AvgIpc) is 2.57. The number of aryl methyl sites for hydroxylation is 2. The SMILES string of the molecule is CC(=O)Oc1c(C)cc(/C=C/C(=O)NCCc2ccccc2)cc1C. The van der Waals surface area contributed by atoms with Crippen molar-refractivity contribution in [3.63, 3.8) is 0 Å². The lowest BCUT2D eigenvalue weighted by atomic mass is 10.1. The zero-order valence-corrected chi connectivity index (χ0v) is 14.8. The fourth-order valence-electron chi connectivity index (χ4n) is 2.59. The van der Waals surface area contributed by atoms with Gasteiger partial charge in [-0.05, 0) is 60.7 Å². The molecule has 4 heteroatoms. The molecular formula is C21H23NO3. The summed E-state index contributed by atoms with van der Waals surface area (Å²) < 4.78 is 5.21. The van der Waals surface area contributed by atoms with E-state index in [2.05, 4.69) is 5.32 Å². The summed E-state index contributed by atoms with van der Waals surface area (Å²) in [6.07, 6.45) is 4.08. The van der Waals surface area contributed by atoms with Crippen molar-refractivity contribution in [3.05, 3.63) is 70.8 Å². The van der Waals surface area contributed by atoms with Crippen molar-refractivity contribution in [2.24, 2.45) is 0 Å². The smallest absolute Gasteiger partial charge is 0.308 e. The summed E-state index contributed by atoms with van der Waals surface area (Å²) in [6, 6.07) is 13.8. The Hall–Kier alpha value is -2.88. The van der Waals surface area contributed by atoms with Gasteiger partial charge in [-0.2, -0.15) is 0 Å². The maximum atomic E-state index is 11.9. The topological polar surface area (TPSA) is 55.4 Å². The van der Waals surface area contributed by atoms with E-state index in [0.29, 0.717) is 12.3 Å². The Morgan fingerprint density at radius 3 is 2.32 bits per heavy atom. The summed E-state index contributed by atoms with van der Waals surface area (Å²) in [5.74, 6) is 0.111. The van der Waals surface area contributed by atoms with Crippen molar-refractivity contribution in [3.8, 4) is 5.75 Å². The van der Waals surface area contributed by atoms with Gasteiger partial charge in [0.1, 0.15) is 5.75 Å². The van der Waals surface area contributed by atoms with Crippen molar-refractivity contribution >= 4 is 18.0 Å². The van der Waals surface area contributed by atoms with Gasteiger partial charge in [0.2, 0.25) is 5.91 Å². The molecule has 0 bridgehead atoms. The summed E-state index contributed by atoms with van der Waals surface area (Å²) in [6.45, 7) is 5.73. The van der Waals surface area contributed by atoms with Gasteiger partial charge in [0.15, 0.2) is 0 Å². The molecule has 0 unspecified atom stereocenters. The molecule has 1 amide bonds. The number of hydrogen-bond donors (Lipinski definition) is 1. The highest BCUT2D eigenvalue weighted by atomic mass is 16.5. The average molecular weight is 337 g/mol. The highest BCUT2D eigenvalue weighted by Crippen LogP contribution is 2.25. The largest absolute Gasteiger partial charge is 0.426 e. The van der Waals surface area contributed by atoms with Crippen LogP contribution < -0.4 is 10.1 Å². The molecule has 0 heterocycles. The summed E-state index contributed by atoms with van der Waals surface area (Å²) in [4.78, 5) is 23.1. The van der Waals surface area contributed by atoms with Crippen LogP contribution in [-0.2, 0) is 16.0 Å². The molecule has 0 aliphatic rings. The van der Waals surface area contributed by atoms with Gasteiger partial charge in [-0.1, -0.05) is 30.3 Å². The molecule has 0 atom stereocenters. The van der Waals surface area contributed by atoms with E-state index in [1.165, 1.54) is 18.6 Å². The van der Waals surface area contributed by atoms with Crippen LogP contribution >= 0.6 is 0 Å². The summed E-state index contributed by atoms with van der Waals surface area (Å²) in [5, 5.41) is 2.87. The Balaban J connectivity index is 1.92. The van der Waals surface area contributed by atoms with Crippen LogP contribution in [0.2, 0.25) is 0 Å². The Labute approximate surface area is 148 Å². The first kappa shape index (κ1) is 18.5. The zero-order chi connectivity index (χ0) is 18.2. The van der Waals surface area contributed by atoms with E-state index in [4.69, 9.17) is 4.74 Å². The standard InChI is InChI=1S/C21H23NO3/c1-15-13-19(14-16(2)21(15)25-17(3)23)9-10-20(24)22-12-11-18-7-5-4-6-8-18/h4-10,13-14H,11-12H2,1-3H3,(H,22,24)/b10-9+. The van der Waals surface area contributed by atoms with E-state index >= 15 is 0 Å². The van der Waals surface area contributed by atoms with Crippen LogP contribution in [0.15, 0.2) is 48.5 Å². The van der Waals surface area contributed by atoms with Crippen LogP contribution in [0.25, 0.3) is 6.08 Å². The number of nitrogens with one attached hydrogen (secondary N) is 1. The van der Waals surface area contributed by atoms with Gasteiger partial charge in [-0.15, -0.1) is 0 Å². The number of esters is 1. The first-order valence-electron chi connectivity index (χ1n) is 8.25. The van der Waals surface area contributed by atoms with Crippen LogP contribution in [-0.4, -0.2) is 18.4 Å². The molecular weight excluding hydrogens is 314 g/mol. The van der Waals surface area contributed by atoms with Crippen molar-refractivity contribution in [1.29, 1.82) is 0 Å². The van der Waals surface area contributed by atoms with Gasteiger partial charge in [0.05, 0.1) is 0 Å². The number of benzene rings is 2. The van der Waals surface area contributed by atoms with Crippen molar-refractivity contribution in [2.45, 2.75) is 27.2 Å². The third kappa shape index (κ3) is 5.92. The molecule has 0 fully saturated rings. The maximum Gasteiger partial charge on any atom is 0.308 e. The molecule has 0 aliphatic heterocycles. The quantitative estimate of drug-likeness (QED) is 0.498. The monoisotopic (exact) mass is 337 g/mol. The first-order valence-corrected chi connectivity index (χ1v) is 8.25. The molecule has 0 saturated heterocycles. The second kappa shape index (κ2) is 8.83. The minimum Gasteiger partial charge on any atom is -0.426 e. The second-order valence-electron chi connectivity index (χ2n) is 5.94. The number of amides is 1.